The van der Waals surface area contributed by atoms with Crippen LogP contribution < -0.4 is 11.1 Å². The van der Waals surface area contributed by atoms with E-state index in [1.54, 1.807) is 12.3 Å². The van der Waals surface area contributed by atoms with Gasteiger partial charge in [0.15, 0.2) is 5.82 Å². The topological polar surface area (TPSA) is 97.0 Å². The largest absolute Gasteiger partial charge is 0.395 e. The molecule has 0 aliphatic heterocycles. The maximum absolute atomic E-state index is 8.71. The Bertz CT molecular complexity index is 473. The van der Waals surface area contributed by atoms with Gasteiger partial charge in [0, 0.05) is 12.7 Å². The fourth-order valence-corrected chi connectivity index (χ4v) is 1.28. The summed E-state index contributed by atoms with van der Waals surface area (Å²) in [4.78, 5) is 12.2. The van der Waals surface area contributed by atoms with Gasteiger partial charge in [-0.2, -0.15) is 4.98 Å². The van der Waals surface area contributed by atoms with Crippen molar-refractivity contribution in [2.45, 2.75) is 0 Å². The third-order valence-electron chi connectivity index (χ3n) is 1.88. The number of aliphatic hydroxyl groups excluding tert-OH is 1. The van der Waals surface area contributed by atoms with Crippen molar-refractivity contribution in [3.8, 4) is 0 Å². The van der Waals surface area contributed by atoms with Crippen LogP contribution in [0.25, 0.3) is 11.0 Å². The van der Waals surface area contributed by atoms with E-state index in [9.17, 15) is 0 Å². The number of nitrogens with one attached hydrogen (secondary N) is 1. The fourth-order valence-electron chi connectivity index (χ4n) is 1.28. The van der Waals surface area contributed by atoms with Gasteiger partial charge in [-0.3, -0.25) is 4.98 Å². The van der Waals surface area contributed by atoms with Crippen molar-refractivity contribution in [2.24, 2.45) is 0 Å². The normalized spacial score (nSPS) is 10.5. The SMILES string of the molecule is Nc1nc(NCCO)c2ncccc2n1. The average molecular weight is 205 g/mol. The van der Waals surface area contributed by atoms with Gasteiger partial charge in [-0.05, 0) is 12.1 Å². The van der Waals surface area contributed by atoms with Gasteiger partial charge in [0.2, 0.25) is 5.95 Å². The number of fused-ring (bicyclic) bond motifs is 1. The standard InChI is InChI=1S/C9H11N5O/c10-9-13-6-2-1-3-11-7(6)8(14-9)12-4-5-15/h1-3,15H,4-5H2,(H3,10,12,13,14). The van der Waals surface area contributed by atoms with Crippen molar-refractivity contribution < 1.29 is 5.11 Å². The minimum absolute atomic E-state index is 0.0260. The van der Waals surface area contributed by atoms with Gasteiger partial charge < -0.3 is 16.2 Å². The number of hydrogen-bond donors (Lipinski definition) is 3. The number of anilines is 2. The van der Waals surface area contributed by atoms with Crippen LogP contribution in [0.3, 0.4) is 0 Å². The number of aromatic nitrogens is 3. The molecule has 0 fully saturated rings. The highest BCUT2D eigenvalue weighted by atomic mass is 16.3. The number of nitrogens with two attached hydrogens (primary N) is 1. The first-order valence-electron chi connectivity index (χ1n) is 4.54. The molecule has 0 saturated heterocycles. The number of hydrogen-bond acceptors (Lipinski definition) is 6. The highest BCUT2D eigenvalue weighted by molar-refractivity contribution is 5.85. The molecule has 4 N–H and O–H groups in total. The van der Waals surface area contributed by atoms with E-state index in [2.05, 4.69) is 20.3 Å². The number of aliphatic hydroxyl groups is 1. The zero-order valence-corrected chi connectivity index (χ0v) is 8.01. The summed E-state index contributed by atoms with van der Waals surface area (Å²) in [5, 5.41) is 11.6. The van der Waals surface area contributed by atoms with Gasteiger partial charge in [0.25, 0.3) is 0 Å². The Morgan fingerprint density at radius 1 is 1.40 bits per heavy atom. The predicted octanol–water partition coefficient (Wildman–Crippen LogP) is 0.0112. The second kappa shape index (κ2) is 4.05. The first-order valence-corrected chi connectivity index (χ1v) is 4.54. The summed E-state index contributed by atoms with van der Waals surface area (Å²) in [5.74, 6) is 0.739. The van der Waals surface area contributed by atoms with Crippen LogP contribution in [-0.4, -0.2) is 33.2 Å². The number of pyridine rings is 1. The Kier molecular flexibility index (Phi) is 2.59. The van der Waals surface area contributed by atoms with E-state index in [-0.39, 0.29) is 12.6 Å². The molecule has 15 heavy (non-hydrogen) atoms. The molecule has 2 heterocycles. The third kappa shape index (κ3) is 1.94. The summed E-state index contributed by atoms with van der Waals surface area (Å²) in [6.07, 6.45) is 1.66. The van der Waals surface area contributed by atoms with Gasteiger partial charge in [-0.25, -0.2) is 4.98 Å². The lowest BCUT2D eigenvalue weighted by molar-refractivity contribution is 0.311. The van der Waals surface area contributed by atoms with Crippen LogP contribution in [0.1, 0.15) is 0 Å². The van der Waals surface area contributed by atoms with Gasteiger partial charge in [-0.1, -0.05) is 0 Å². The fraction of sp³-hybridized carbons (Fsp3) is 0.222. The van der Waals surface area contributed by atoms with Gasteiger partial charge in [0.05, 0.1) is 12.1 Å². The van der Waals surface area contributed by atoms with Gasteiger partial charge >= 0.3 is 0 Å². The number of rotatable bonds is 3. The Labute approximate surface area is 86.2 Å². The zero-order chi connectivity index (χ0) is 10.7. The lowest BCUT2D eigenvalue weighted by atomic mass is 10.3. The molecule has 0 aliphatic carbocycles. The van der Waals surface area contributed by atoms with Crippen LogP contribution in [0.5, 0.6) is 0 Å². The van der Waals surface area contributed by atoms with Gasteiger partial charge in [-0.15, -0.1) is 0 Å². The molecule has 0 amide bonds. The van der Waals surface area contributed by atoms with Crippen molar-refractivity contribution in [3.05, 3.63) is 18.3 Å². The predicted molar refractivity (Wildman–Crippen MR) is 57.3 cm³/mol. The van der Waals surface area contributed by atoms with Crippen LogP contribution in [0, 0.1) is 0 Å². The van der Waals surface area contributed by atoms with Crippen molar-refractivity contribution in [1.82, 2.24) is 15.0 Å². The van der Waals surface area contributed by atoms with Crippen molar-refractivity contribution in [3.63, 3.8) is 0 Å². The molecule has 0 bridgehead atoms. The molecule has 78 valence electrons. The molecule has 0 spiro atoms. The molecule has 6 nitrogen and oxygen atoms in total. The quantitative estimate of drug-likeness (QED) is 0.653. The van der Waals surface area contributed by atoms with Crippen LogP contribution in [0.4, 0.5) is 11.8 Å². The summed E-state index contributed by atoms with van der Waals surface area (Å²) < 4.78 is 0. The van der Waals surface area contributed by atoms with E-state index in [1.165, 1.54) is 0 Å². The number of nitrogen functional groups attached to an aromatic ring is 1. The molecule has 2 aromatic rings. The van der Waals surface area contributed by atoms with E-state index in [4.69, 9.17) is 10.8 Å². The molecule has 2 aromatic heterocycles. The minimum atomic E-state index is 0.0260. The summed E-state index contributed by atoms with van der Waals surface area (Å²) in [6.45, 7) is 0.431. The van der Waals surface area contributed by atoms with E-state index in [0.717, 1.165) is 0 Å². The van der Waals surface area contributed by atoms with Crippen LogP contribution in [-0.2, 0) is 0 Å². The Morgan fingerprint density at radius 3 is 3.07 bits per heavy atom. The molecule has 2 rings (SSSR count). The molecule has 0 atom stereocenters. The van der Waals surface area contributed by atoms with Crippen molar-refractivity contribution >= 4 is 22.8 Å². The minimum Gasteiger partial charge on any atom is -0.395 e. The average Bonchev–Trinajstić information content (AvgIpc) is 2.25. The van der Waals surface area contributed by atoms with E-state index in [0.29, 0.717) is 23.4 Å². The molecule has 0 aliphatic rings. The molecule has 0 saturated carbocycles. The maximum Gasteiger partial charge on any atom is 0.222 e. The second-order valence-electron chi connectivity index (χ2n) is 2.95. The molecule has 0 unspecified atom stereocenters. The highest BCUT2D eigenvalue weighted by Crippen LogP contribution is 2.17. The molecular formula is C9H11N5O. The first kappa shape index (κ1) is 9.60. The summed E-state index contributed by atoms with van der Waals surface area (Å²) in [5.41, 5.74) is 6.88. The molecule has 6 heteroatoms. The monoisotopic (exact) mass is 205 g/mol. The lowest BCUT2D eigenvalue weighted by Crippen LogP contribution is -2.09. The Balaban J connectivity index is 2.50. The van der Waals surface area contributed by atoms with E-state index >= 15 is 0 Å². The highest BCUT2D eigenvalue weighted by Gasteiger charge is 2.05. The zero-order valence-electron chi connectivity index (χ0n) is 8.01. The van der Waals surface area contributed by atoms with E-state index in [1.807, 2.05) is 6.07 Å². The number of nitrogens with zero attached hydrogens (tertiary/aromatic N) is 3. The van der Waals surface area contributed by atoms with Crippen LogP contribution in [0.15, 0.2) is 18.3 Å². The maximum atomic E-state index is 8.71. The Morgan fingerprint density at radius 2 is 2.27 bits per heavy atom. The Hall–Kier alpha value is -1.95. The van der Waals surface area contributed by atoms with Crippen LogP contribution in [0.2, 0.25) is 0 Å². The molecular weight excluding hydrogens is 194 g/mol. The van der Waals surface area contributed by atoms with E-state index < -0.39 is 0 Å². The second-order valence-corrected chi connectivity index (χ2v) is 2.95. The summed E-state index contributed by atoms with van der Waals surface area (Å²) >= 11 is 0. The smallest absolute Gasteiger partial charge is 0.222 e. The molecule has 0 radical (unpaired) electrons. The summed E-state index contributed by atoms with van der Waals surface area (Å²) in [7, 11) is 0. The lowest BCUT2D eigenvalue weighted by Gasteiger charge is -2.06. The first-order chi connectivity index (χ1) is 7.31. The van der Waals surface area contributed by atoms with Crippen molar-refractivity contribution in [1.29, 1.82) is 0 Å². The van der Waals surface area contributed by atoms with Crippen molar-refractivity contribution in [2.75, 3.05) is 24.2 Å². The summed E-state index contributed by atoms with van der Waals surface area (Å²) in [6, 6.07) is 3.59. The van der Waals surface area contributed by atoms with Crippen LogP contribution >= 0.6 is 0 Å². The third-order valence-corrected chi connectivity index (χ3v) is 1.88. The van der Waals surface area contributed by atoms with Gasteiger partial charge in [0.1, 0.15) is 5.52 Å². The molecule has 0 aromatic carbocycles.